The van der Waals surface area contributed by atoms with Crippen molar-refractivity contribution in [1.29, 1.82) is 0 Å². The van der Waals surface area contributed by atoms with Crippen LogP contribution in [0.3, 0.4) is 0 Å². The standard InChI is InChI=1S/C28H27ClN6O/c1-28(10-12-35(2)17-28)9-8-19-13-25-22(15-24(19)30)27(33-18-32-25)34-20-6-7-26(23(29)14-20)36-16-21-5-3-4-11-31-21/h3-7,11,13-15,18H,10,12,16-17,30H2,1-2H3,(H,32,33,34)/t28-/m1/s1. The molecule has 1 aliphatic rings. The number of halogens is 1. The molecule has 0 amide bonds. The number of likely N-dealkylation sites (tertiary alicyclic amines) is 1. The van der Waals surface area contributed by atoms with E-state index in [0.29, 0.717) is 28.9 Å². The fourth-order valence-electron chi connectivity index (χ4n) is 4.31. The van der Waals surface area contributed by atoms with Gasteiger partial charge >= 0.3 is 0 Å². The van der Waals surface area contributed by atoms with Gasteiger partial charge < -0.3 is 20.7 Å². The van der Waals surface area contributed by atoms with Gasteiger partial charge in [-0.25, -0.2) is 9.97 Å². The number of hydrogen-bond donors (Lipinski definition) is 2. The number of benzene rings is 2. The zero-order chi connectivity index (χ0) is 25.1. The van der Waals surface area contributed by atoms with Crippen molar-refractivity contribution in [3.63, 3.8) is 0 Å². The molecule has 5 rings (SSSR count). The Morgan fingerprint density at radius 2 is 2.06 bits per heavy atom. The number of fused-ring (bicyclic) bond motifs is 1. The number of nitrogens with two attached hydrogens (primary N) is 1. The van der Waals surface area contributed by atoms with Crippen LogP contribution < -0.4 is 15.8 Å². The van der Waals surface area contributed by atoms with E-state index in [1.54, 1.807) is 12.3 Å². The van der Waals surface area contributed by atoms with Crippen LogP contribution in [-0.2, 0) is 6.61 Å². The second kappa shape index (κ2) is 10.0. The molecule has 1 aliphatic heterocycles. The van der Waals surface area contributed by atoms with Crippen LogP contribution in [0.1, 0.15) is 24.6 Å². The molecule has 3 N–H and O–H groups in total. The molecule has 1 atom stereocenters. The quantitative estimate of drug-likeness (QED) is 0.286. The summed E-state index contributed by atoms with van der Waals surface area (Å²) >= 11 is 6.48. The fraction of sp³-hybridized carbons (Fsp3) is 0.250. The van der Waals surface area contributed by atoms with Crippen molar-refractivity contribution in [1.82, 2.24) is 19.9 Å². The number of rotatable bonds is 5. The number of aromatic nitrogens is 3. The number of nitrogen functional groups attached to an aromatic ring is 1. The Balaban J connectivity index is 1.35. The smallest absolute Gasteiger partial charge is 0.141 e. The highest BCUT2D eigenvalue weighted by molar-refractivity contribution is 6.32. The molecule has 0 aliphatic carbocycles. The summed E-state index contributed by atoms with van der Waals surface area (Å²) in [5.74, 6) is 7.94. The lowest BCUT2D eigenvalue weighted by Crippen LogP contribution is -2.20. The van der Waals surface area contributed by atoms with Crippen molar-refractivity contribution in [3.8, 4) is 17.6 Å². The van der Waals surface area contributed by atoms with Gasteiger partial charge in [0.15, 0.2) is 0 Å². The maximum atomic E-state index is 6.48. The Bertz CT molecular complexity index is 1470. The van der Waals surface area contributed by atoms with Gasteiger partial charge in [0.1, 0.15) is 24.5 Å². The number of hydrogen-bond acceptors (Lipinski definition) is 7. The minimum Gasteiger partial charge on any atom is -0.486 e. The lowest BCUT2D eigenvalue weighted by atomic mass is 9.90. The summed E-state index contributed by atoms with van der Waals surface area (Å²) in [4.78, 5) is 15.4. The first-order chi connectivity index (χ1) is 17.4. The molecule has 1 saturated heterocycles. The Kier molecular flexibility index (Phi) is 6.64. The molecule has 2 aromatic heterocycles. The molecule has 0 saturated carbocycles. The van der Waals surface area contributed by atoms with E-state index in [0.717, 1.165) is 47.4 Å². The molecule has 7 nitrogen and oxygen atoms in total. The van der Waals surface area contributed by atoms with Crippen LogP contribution in [0.4, 0.5) is 17.2 Å². The number of pyridine rings is 1. The minimum absolute atomic E-state index is 0.0265. The van der Waals surface area contributed by atoms with Gasteiger partial charge in [-0.1, -0.05) is 29.5 Å². The van der Waals surface area contributed by atoms with Crippen molar-refractivity contribution in [3.05, 3.63) is 77.3 Å². The third kappa shape index (κ3) is 5.35. The van der Waals surface area contributed by atoms with Gasteiger partial charge in [-0.2, -0.15) is 0 Å². The molecule has 0 unspecified atom stereocenters. The highest BCUT2D eigenvalue weighted by atomic mass is 35.5. The second-order valence-corrected chi connectivity index (χ2v) is 9.76. The van der Waals surface area contributed by atoms with E-state index in [-0.39, 0.29) is 5.41 Å². The molecule has 36 heavy (non-hydrogen) atoms. The summed E-state index contributed by atoms with van der Waals surface area (Å²) < 4.78 is 5.82. The number of nitrogens with one attached hydrogen (secondary N) is 1. The first-order valence-electron chi connectivity index (χ1n) is 11.7. The van der Waals surface area contributed by atoms with Crippen LogP contribution in [0, 0.1) is 17.3 Å². The topological polar surface area (TPSA) is 89.2 Å². The van der Waals surface area contributed by atoms with Crippen LogP contribution in [0.5, 0.6) is 5.75 Å². The third-order valence-electron chi connectivity index (χ3n) is 6.27. The molecule has 4 aromatic rings. The lowest BCUT2D eigenvalue weighted by molar-refractivity contribution is 0.301. The van der Waals surface area contributed by atoms with Crippen LogP contribution in [-0.4, -0.2) is 40.0 Å². The summed E-state index contributed by atoms with van der Waals surface area (Å²) in [5.41, 5.74) is 10.1. The summed E-state index contributed by atoms with van der Waals surface area (Å²) in [6.07, 6.45) is 4.31. The average Bonchev–Trinajstić information content (AvgIpc) is 3.22. The molecule has 0 radical (unpaired) electrons. The first-order valence-corrected chi connectivity index (χ1v) is 12.1. The van der Waals surface area contributed by atoms with Crippen molar-refractivity contribution < 1.29 is 4.74 Å². The Morgan fingerprint density at radius 1 is 1.17 bits per heavy atom. The van der Waals surface area contributed by atoms with Gasteiger partial charge in [0.2, 0.25) is 0 Å². The summed E-state index contributed by atoms with van der Waals surface area (Å²) in [7, 11) is 2.12. The molecular formula is C28H27ClN6O. The fourth-order valence-corrected chi connectivity index (χ4v) is 4.54. The zero-order valence-corrected chi connectivity index (χ0v) is 21.0. The Labute approximate surface area is 215 Å². The van der Waals surface area contributed by atoms with E-state index in [1.807, 2.05) is 42.5 Å². The molecule has 8 heteroatoms. The van der Waals surface area contributed by atoms with Crippen LogP contribution in [0.15, 0.2) is 61.1 Å². The van der Waals surface area contributed by atoms with E-state index in [2.05, 4.69) is 51.0 Å². The van der Waals surface area contributed by atoms with E-state index < -0.39 is 0 Å². The highest BCUT2D eigenvalue weighted by Gasteiger charge is 2.29. The van der Waals surface area contributed by atoms with Gasteiger partial charge in [-0.15, -0.1) is 0 Å². The molecule has 3 heterocycles. The number of nitrogens with zero attached hydrogens (tertiary/aromatic N) is 4. The predicted octanol–water partition coefficient (Wildman–Crippen LogP) is 5.28. The summed E-state index contributed by atoms with van der Waals surface area (Å²) in [6, 6.07) is 15.0. The maximum Gasteiger partial charge on any atom is 0.141 e. The third-order valence-corrected chi connectivity index (χ3v) is 6.56. The maximum absolute atomic E-state index is 6.48. The molecular weight excluding hydrogens is 472 g/mol. The monoisotopic (exact) mass is 498 g/mol. The molecule has 1 fully saturated rings. The summed E-state index contributed by atoms with van der Waals surface area (Å²) in [5, 5.41) is 4.61. The van der Waals surface area contributed by atoms with Crippen molar-refractivity contribution in [2.45, 2.75) is 20.0 Å². The van der Waals surface area contributed by atoms with Crippen LogP contribution in [0.2, 0.25) is 5.02 Å². The van der Waals surface area contributed by atoms with Gasteiger partial charge in [-0.3, -0.25) is 4.98 Å². The highest BCUT2D eigenvalue weighted by Crippen LogP contribution is 2.32. The molecule has 2 aromatic carbocycles. The van der Waals surface area contributed by atoms with Crippen LogP contribution in [0.25, 0.3) is 10.9 Å². The molecule has 0 spiro atoms. The van der Waals surface area contributed by atoms with E-state index in [1.165, 1.54) is 6.33 Å². The largest absolute Gasteiger partial charge is 0.486 e. The van der Waals surface area contributed by atoms with E-state index in [4.69, 9.17) is 22.1 Å². The zero-order valence-electron chi connectivity index (χ0n) is 20.3. The first kappa shape index (κ1) is 23.9. The van der Waals surface area contributed by atoms with Gasteiger partial charge in [0.05, 0.1) is 16.2 Å². The molecule has 182 valence electrons. The Hall–Kier alpha value is -3.86. The molecule has 0 bridgehead atoms. The van der Waals surface area contributed by atoms with Gasteiger partial charge in [-0.05, 0) is 69.4 Å². The van der Waals surface area contributed by atoms with Crippen molar-refractivity contribution in [2.24, 2.45) is 5.41 Å². The van der Waals surface area contributed by atoms with E-state index >= 15 is 0 Å². The average molecular weight is 499 g/mol. The lowest BCUT2D eigenvalue weighted by Gasteiger charge is -2.15. The van der Waals surface area contributed by atoms with Crippen LogP contribution >= 0.6 is 11.6 Å². The van der Waals surface area contributed by atoms with Crippen molar-refractivity contribution in [2.75, 3.05) is 31.2 Å². The summed E-state index contributed by atoms with van der Waals surface area (Å²) in [6.45, 7) is 4.55. The second-order valence-electron chi connectivity index (χ2n) is 9.36. The number of ether oxygens (including phenoxy) is 1. The van der Waals surface area contributed by atoms with E-state index in [9.17, 15) is 0 Å². The minimum atomic E-state index is -0.0265. The number of anilines is 3. The Morgan fingerprint density at radius 3 is 2.81 bits per heavy atom. The SMILES string of the molecule is CN1CC[C@@](C)(C#Cc2cc3ncnc(Nc4ccc(OCc5ccccn5)c(Cl)c4)c3cc2N)C1. The van der Waals surface area contributed by atoms with Gasteiger partial charge in [0.25, 0.3) is 0 Å². The van der Waals surface area contributed by atoms with Crippen molar-refractivity contribution >= 4 is 39.7 Å². The van der Waals surface area contributed by atoms with Gasteiger partial charge in [0, 0.05) is 40.5 Å². The normalized spacial score (nSPS) is 17.5. The predicted molar refractivity (Wildman–Crippen MR) is 144 cm³/mol.